The average Bonchev–Trinajstić information content (AvgIpc) is 3.34. The molecule has 0 unspecified atom stereocenters. The van der Waals surface area contributed by atoms with E-state index in [0.717, 1.165) is 83.4 Å². The molecule has 0 aliphatic heterocycles. The van der Waals surface area contributed by atoms with Crippen LogP contribution in [0.1, 0.15) is 50.7 Å². The molecule has 3 aromatic heterocycles. The Labute approximate surface area is 227 Å². The van der Waals surface area contributed by atoms with Crippen molar-refractivity contribution in [3.8, 4) is 17.2 Å². The van der Waals surface area contributed by atoms with Gasteiger partial charge in [0.05, 0.1) is 21.9 Å². The van der Waals surface area contributed by atoms with Crippen LogP contribution in [-0.4, -0.2) is 50.2 Å². The molecule has 3 N–H and O–H groups in total. The molecule has 38 heavy (non-hydrogen) atoms. The van der Waals surface area contributed by atoms with Gasteiger partial charge in [-0.15, -0.1) is 0 Å². The molecule has 0 saturated heterocycles. The molecule has 5 rings (SSSR count). The first-order chi connectivity index (χ1) is 18.5. The van der Waals surface area contributed by atoms with Crippen molar-refractivity contribution in [3.05, 3.63) is 59.9 Å². The average molecular weight is 528 g/mol. The first-order valence-corrected chi connectivity index (χ1v) is 14.1. The minimum Gasteiger partial charge on any atom is -0.393 e. The third kappa shape index (κ3) is 6.27. The quantitative estimate of drug-likeness (QED) is 0.246. The lowest BCUT2D eigenvalue weighted by molar-refractivity contribution is 0.126. The summed E-state index contributed by atoms with van der Waals surface area (Å²) in [6.07, 6.45) is 6.70. The van der Waals surface area contributed by atoms with E-state index in [9.17, 15) is 10.4 Å². The molecule has 0 bridgehead atoms. The molecular formula is C29H33N7OS. The number of anilines is 3. The predicted octanol–water partition coefficient (Wildman–Crippen LogP) is 5.93. The number of nitriles is 1. The minimum absolute atomic E-state index is 0.182. The monoisotopic (exact) mass is 527 g/mol. The fourth-order valence-electron chi connectivity index (χ4n) is 4.88. The lowest BCUT2D eigenvalue weighted by atomic mass is 9.93. The summed E-state index contributed by atoms with van der Waals surface area (Å²) in [4.78, 5) is 16.2. The SMILES string of the molecule is CCN(CC)Cc1cc(Nc2nc3ccc(-c4cncc(C#N)c4)cc3s2)nc(NC2CCC(O)CC2)c1. The second kappa shape index (κ2) is 11.9. The number of aliphatic hydroxyl groups excluding tert-OH is 1. The largest absolute Gasteiger partial charge is 0.393 e. The summed E-state index contributed by atoms with van der Waals surface area (Å²) in [5.74, 6) is 1.62. The summed E-state index contributed by atoms with van der Waals surface area (Å²) >= 11 is 1.58. The van der Waals surface area contributed by atoms with E-state index in [2.05, 4.69) is 58.6 Å². The van der Waals surface area contributed by atoms with Gasteiger partial charge in [0, 0.05) is 30.5 Å². The van der Waals surface area contributed by atoms with Crippen LogP contribution in [0.25, 0.3) is 21.3 Å². The number of rotatable bonds is 9. The van der Waals surface area contributed by atoms with Crippen LogP contribution in [0.4, 0.5) is 16.8 Å². The first-order valence-electron chi connectivity index (χ1n) is 13.2. The molecule has 0 spiro atoms. The number of aliphatic hydroxyl groups is 1. The fourth-order valence-corrected chi connectivity index (χ4v) is 5.79. The van der Waals surface area contributed by atoms with Crippen molar-refractivity contribution in [2.75, 3.05) is 23.7 Å². The van der Waals surface area contributed by atoms with Crippen molar-refractivity contribution in [1.82, 2.24) is 19.9 Å². The maximum Gasteiger partial charge on any atom is 0.189 e. The van der Waals surface area contributed by atoms with Crippen LogP contribution in [0.2, 0.25) is 0 Å². The molecule has 1 aromatic carbocycles. The number of thiazole rings is 1. The van der Waals surface area contributed by atoms with E-state index in [0.29, 0.717) is 11.6 Å². The van der Waals surface area contributed by atoms with Crippen molar-refractivity contribution in [2.45, 2.75) is 58.2 Å². The van der Waals surface area contributed by atoms with Gasteiger partial charge in [0.2, 0.25) is 0 Å². The van der Waals surface area contributed by atoms with Crippen LogP contribution in [0, 0.1) is 11.3 Å². The van der Waals surface area contributed by atoms with Gasteiger partial charge in [0.15, 0.2) is 5.13 Å². The van der Waals surface area contributed by atoms with Crippen molar-refractivity contribution < 1.29 is 5.11 Å². The third-order valence-electron chi connectivity index (χ3n) is 7.06. The Morgan fingerprint density at radius 3 is 2.55 bits per heavy atom. The lowest BCUT2D eigenvalue weighted by Gasteiger charge is -2.27. The molecule has 4 aromatic rings. The second-order valence-electron chi connectivity index (χ2n) is 9.76. The van der Waals surface area contributed by atoms with Crippen LogP contribution >= 0.6 is 11.3 Å². The van der Waals surface area contributed by atoms with E-state index in [4.69, 9.17) is 9.97 Å². The number of pyridine rings is 2. The Hall–Kier alpha value is -3.58. The van der Waals surface area contributed by atoms with Gasteiger partial charge in [-0.25, -0.2) is 9.97 Å². The standard InChI is InChI=1S/C29H33N7OS/c1-3-36(4-2)18-19-12-27(32-23-6-8-24(37)9-7-23)34-28(13-19)35-29-33-25-10-5-21(14-26(25)38-29)22-11-20(15-30)16-31-17-22/h5,10-14,16-17,23-24,37H,3-4,6-9,18H2,1-2H3,(H2,32,33,34,35). The lowest BCUT2D eigenvalue weighted by Crippen LogP contribution is -2.28. The van der Waals surface area contributed by atoms with Gasteiger partial charge in [0.1, 0.15) is 17.7 Å². The van der Waals surface area contributed by atoms with Gasteiger partial charge in [-0.05, 0) is 80.2 Å². The van der Waals surface area contributed by atoms with Gasteiger partial charge >= 0.3 is 0 Å². The van der Waals surface area contributed by atoms with E-state index in [1.807, 2.05) is 18.2 Å². The van der Waals surface area contributed by atoms with E-state index in [1.165, 1.54) is 5.56 Å². The molecule has 0 amide bonds. The Morgan fingerprint density at radius 2 is 1.79 bits per heavy atom. The van der Waals surface area contributed by atoms with Crippen molar-refractivity contribution in [3.63, 3.8) is 0 Å². The number of nitrogens with zero attached hydrogens (tertiary/aromatic N) is 5. The maximum atomic E-state index is 9.88. The summed E-state index contributed by atoms with van der Waals surface area (Å²) in [6.45, 7) is 7.17. The Kier molecular flexibility index (Phi) is 8.13. The number of fused-ring (bicyclic) bond motifs is 1. The van der Waals surface area contributed by atoms with Gasteiger partial charge in [-0.3, -0.25) is 9.88 Å². The zero-order chi connectivity index (χ0) is 26.5. The highest BCUT2D eigenvalue weighted by molar-refractivity contribution is 7.22. The highest BCUT2D eigenvalue weighted by atomic mass is 32.1. The Balaban J connectivity index is 1.40. The molecular weight excluding hydrogens is 494 g/mol. The van der Waals surface area contributed by atoms with E-state index >= 15 is 0 Å². The number of benzene rings is 1. The fraction of sp³-hybridized carbons (Fsp3) is 0.379. The van der Waals surface area contributed by atoms with E-state index in [-0.39, 0.29) is 6.10 Å². The van der Waals surface area contributed by atoms with E-state index < -0.39 is 0 Å². The van der Waals surface area contributed by atoms with Gasteiger partial charge in [0.25, 0.3) is 0 Å². The molecule has 0 atom stereocenters. The smallest absolute Gasteiger partial charge is 0.189 e. The Bertz CT molecular complexity index is 1430. The maximum absolute atomic E-state index is 9.88. The molecule has 0 radical (unpaired) electrons. The first kappa shape index (κ1) is 26.0. The molecule has 1 aliphatic rings. The van der Waals surface area contributed by atoms with Crippen LogP contribution in [0.5, 0.6) is 0 Å². The second-order valence-corrected chi connectivity index (χ2v) is 10.8. The summed E-state index contributed by atoms with van der Waals surface area (Å²) < 4.78 is 1.05. The van der Waals surface area contributed by atoms with Crippen molar-refractivity contribution in [2.24, 2.45) is 0 Å². The Morgan fingerprint density at radius 1 is 1.00 bits per heavy atom. The van der Waals surface area contributed by atoms with Gasteiger partial charge < -0.3 is 15.7 Å². The molecule has 1 fully saturated rings. The third-order valence-corrected chi connectivity index (χ3v) is 7.99. The highest BCUT2D eigenvalue weighted by Gasteiger charge is 2.20. The molecule has 196 valence electrons. The van der Waals surface area contributed by atoms with Crippen molar-refractivity contribution in [1.29, 1.82) is 5.26 Å². The molecule has 9 heteroatoms. The molecule has 1 aliphatic carbocycles. The molecule has 8 nitrogen and oxygen atoms in total. The topological polar surface area (TPSA) is 110 Å². The molecule has 3 heterocycles. The number of hydrogen-bond acceptors (Lipinski definition) is 9. The zero-order valence-electron chi connectivity index (χ0n) is 21.8. The number of nitrogens with one attached hydrogen (secondary N) is 2. The van der Waals surface area contributed by atoms with E-state index in [1.54, 1.807) is 23.7 Å². The van der Waals surface area contributed by atoms with Crippen LogP contribution in [0.3, 0.4) is 0 Å². The van der Waals surface area contributed by atoms with Gasteiger partial charge in [-0.2, -0.15) is 5.26 Å². The highest BCUT2D eigenvalue weighted by Crippen LogP contribution is 2.32. The summed E-state index contributed by atoms with van der Waals surface area (Å²) in [5.41, 5.74) is 4.55. The summed E-state index contributed by atoms with van der Waals surface area (Å²) in [5, 5.41) is 26.9. The normalized spacial score (nSPS) is 17.4. The van der Waals surface area contributed by atoms with Crippen LogP contribution in [0.15, 0.2) is 48.8 Å². The number of aromatic nitrogens is 3. The summed E-state index contributed by atoms with van der Waals surface area (Å²) in [6, 6.07) is 14.7. The summed E-state index contributed by atoms with van der Waals surface area (Å²) in [7, 11) is 0. The van der Waals surface area contributed by atoms with Gasteiger partial charge in [-0.1, -0.05) is 31.3 Å². The van der Waals surface area contributed by atoms with Crippen LogP contribution in [-0.2, 0) is 6.54 Å². The number of hydrogen-bond donors (Lipinski definition) is 3. The molecule has 1 saturated carbocycles. The predicted molar refractivity (Wildman–Crippen MR) is 154 cm³/mol. The van der Waals surface area contributed by atoms with Crippen LogP contribution < -0.4 is 10.6 Å². The minimum atomic E-state index is -0.182. The zero-order valence-corrected chi connectivity index (χ0v) is 22.6. The van der Waals surface area contributed by atoms with Crippen molar-refractivity contribution >= 4 is 38.3 Å².